The van der Waals surface area contributed by atoms with Crippen LogP contribution in [0.25, 0.3) is 5.65 Å². The third-order valence-corrected chi connectivity index (χ3v) is 5.65. The van der Waals surface area contributed by atoms with Crippen molar-refractivity contribution in [3.63, 3.8) is 0 Å². The molecule has 10 heteroatoms. The van der Waals surface area contributed by atoms with Crippen LogP contribution in [0.3, 0.4) is 0 Å². The molecule has 0 aliphatic carbocycles. The molecule has 0 spiro atoms. The van der Waals surface area contributed by atoms with Crippen LogP contribution < -0.4 is 16.0 Å². The highest BCUT2D eigenvalue weighted by molar-refractivity contribution is 5.90. The normalized spacial score (nSPS) is 14.6. The van der Waals surface area contributed by atoms with Gasteiger partial charge in [-0.1, -0.05) is 26.8 Å². The molecule has 9 nitrogen and oxygen atoms in total. The molecular formula is C23H30FN7O2. The smallest absolute Gasteiger partial charge is 0.229 e. The molecule has 1 aliphatic heterocycles. The van der Waals surface area contributed by atoms with Gasteiger partial charge in [0.15, 0.2) is 5.65 Å². The number of nitrogens with zero attached hydrogens (tertiary/aromatic N) is 4. The zero-order chi connectivity index (χ0) is 23.4. The third kappa shape index (κ3) is 5.39. The summed E-state index contributed by atoms with van der Waals surface area (Å²) in [7, 11) is 0. The van der Waals surface area contributed by atoms with Crippen molar-refractivity contribution in [3.8, 4) is 0 Å². The van der Waals surface area contributed by atoms with E-state index in [0.717, 1.165) is 37.3 Å². The van der Waals surface area contributed by atoms with E-state index < -0.39 is 5.82 Å². The summed E-state index contributed by atoms with van der Waals surface area (Å²) in [6.45, 7) is 7.68. The van der Waals surface area contributed by atoms with E-state index in [1.807, 2.05) is 6.20 Å². The third-order valence-electron chi connectivity index (χ3n) is 5.65. The van der Waals surface area contributed by atoms with Gasteiger partial charge in [-0.15, -0.1) is 0 Å². The van der Waals surface area contributed by atoms with Gasteiger partial charge in [-0.05, 0) is 36.5 Å². The number of hydrogen-bond donors (Lipinski definition) is 3. The molecule has 3 N–H and O–H groups in total. The van der Waals surface area contributed by atoms with Crippen molar-refractivity contribution in [1.29, 1.82) is 0 Å². The quantitative estimate of drug-likeness (QED) is 0.472. The molecule has 0 bridgehead atoms. The molecule has 1 amide bonds. The lowest BCUT2D eigenvalue weighted by molar-refractivity contribution is -0.115. The first kappa shape index (κ1) is 22.9. The molecule has 3 heterocycles. The molecule has 1 aliphatic rings. The van der Waals surface area contributed by atoms with Crippen LogP contribution in [0.1, 0.15) is 57.1 Å². The van der Waals surface area contributed by atoms with Gasteiger partial charge in [0.2, 0.25) is 17.8 Å². The second-order valence-corrected chi connectivity index (χ2v) is 8.46. The number of anilines is 3. The van der Waals surface area contributed by atoms with Crippen molar-refractivity contribution in [2.45, 2.75) is 58.5 Å². The number of benzene rings is 1. The Balaban J connectivity index is 1.57. The molecule has 0 saturated carbocycles. The largest absolute Gasteiger partial charge is 0.381 e. The fraction of sp³-hybridized carbons (Fsp3) is 0.478. The van der Waals surface area contributed by atoms with Crippen molar-refractivity contribution < 1.29 is 13.9 Å². The number of halogens is 1. The minimum absolute atomic E-state index is 0.173. The Morgan fingerprint density at radius 2 is 2.06 bits per heavy atom. The second-order valence-electron chi connectivity index (χ2n) is 8.46. The molecule has 33 heavy (non-hydrogen) atoms. The van der Waals surface area contributed by atoms with Gasteiger partial charge in [0.1, 0.15) is 5.82 Å². The Bertz CT molecular complexity index is 1130. The summed E-state index contributed by atoms with van der Waals surface area (Å²) in [5, 5.41) is 13.7. The molecule has 0 unspecified atom stereocenters. The SMILES string of the molecule is CCC(=O)Nc1ccc(CNc2nc(NC3CCOCC3)nc3c(C(C)C)cnn23)cc1F. The summed E-state index contributed by atoms with van der Waals surface area (Å²) >= 11 is 0. The number of hydrogen-bond acceptors (Lipinski definition) is 7. The summed E-state index contributed by atoms with van der Waals surface area (Å²) in [6.07, 6.45) is 3.89. The number of nitrogens with one attached hydrogen (secondary N) is 3. The molecule has 0 radical (unpaired) electrons. The molecule has 1 saturated heterocycles. The minimum Gasteiger partial charge on any atom is -0.381 e. The van der Waals surface area contributed by atoms with Crippen LogP contribution in [-0.2, 0) is 16.1 Å². The van der Waals surface area contributed by atoms with E-state index in [4.69, 9.17) is 9.72 Å². The van der Waals surface area contributed by atoms with Gasteiger partial charge in [-0.25, -0.2) is 4.39 Å². The predicted molar refractivity (Wildman–Crippen MR) is 125 cm³/mol. The zero-order valence-electron chi connectivity index (χ0n) is 19.2. The fourth-order valence-corrected chi connectivity index (χ4v) is 3.69. The highest BCUT2D eigenvalue weighted by atomic mass is 19.1. The maximum Gasteiger partial charge on any atom is 0.229 e. The van der Waals surface area contributed by atoms with E-state index in [0.29, 0.717) is 30.4 Å². The Labute approximate surface area is 192 Å². The van der Waals surface area contributed by atoms with Crippen molar-refractivity contribution in [2.24, 2.45) is 0 Å². The number of carbonyl (C=O) groups is 1. The van der Waals surface area contributed by atoms with E-state index in [-0.39, 0.29) is 23.6 Å². The fourth-order valence-electron chi connectivity index (χ4n) is 3.69. The first-order valence-corrected chi connectivity index (χ1v) is 11.4. The van der Waals surface area contributed by atoms with Gasteiger partial charge in [0, 0.05) is 37.8 Å². The Hall–Kier alpha value is -3.27. The molecule has 1 fully saturated rings. The standard InChI is InChI=1S/C23H30FN7O2/c1-4-20(32)28-19-6-5-15(11-18(19)24)12-25-23-30-22(27-16-7-9-33-10-8-16)29-21-17(14(2)3)13-26-31(21)23/h5-6,11,13-14,16H,4,7-10,12H2,1-3H3,(H,28,32)(H2,25,27,29,30). The lowest BCUT2D eigenvalue weighted by Crippen LogP contribution is -2.29. The molecule has 4 rings (SSSR count). The van der Waals surface area contributed by atoms with Crippen molar-refractivity contribution >= 4 is 29.1 Å². The average molecular weight is 456 g/mol. The lowest BCUT2D eigenvalue weighted by Gasteiger charge is -2.23. The van der Waals surface area contributed by atoms with Gasteiger partial charge >= 0.3 is 0 Å². The minimum atomic E-state index is -0.480. The molecule has 176 valence electrons. The van der Waals surface area contributed by atoms with Crippen molar-refractivity contribution in [3.05, 3.63) is 41.3 Å². The summed E-state index contributed by atoms with van der Waals surface area (Å²) in [5.41, 5.74) is 2.65. The Kier molecular flexibility index (Phi) is 7.02. The van der Waals surface area contributed by atoms with Crippen LogP contribution in [0.15, 0.2) is 24.4 Å². The van der Waals surface area contributed by atoms with Gasteiger partial charge in [0.05, 0.1) is 11.9 Å². The molecule has 2 aromatic heterocycles. The van der Waals surface area contributed by atoms with E-state index in [1.54, 1.807) is 23.6 Å². The number of ether oxygens (including phenoxy) is 1. The van der Waals surface area contributed by atoms with Crippen molar-refractivity contribution in [1.82, 2.24) is 19.6 Å². The van der Waals surface area contributed by atoms with E-state index in [1.165, 1.54) is 6.07 Å². The molecule has 1 aromatic carbocycles. The molecule has 0 atom stereocenters. The lowest BCUT2D eigenvalue weighted by atomic mass is 10.1. The monoisotopic (exact) mass is 455 g/mol. The van der Waals surface area contributed by atoms with Gasteiger partial charge in [-0.2, -0.15) is 19.6 Å². The highest BCUT2D eigenvalue weighted by Gasteiger charge is 2.19. The number of carbonyl (C=O) groups excluding carboxylic acids is 1. The van der Waals surface area contributed by atoms with E-state index in [2.05, 4.69) is 39.9 Å². The summed E-state index contributed by atoms with van der Waals surface area (Å²) < 4.78 is 21.6. The number of aromatic nitrogens is 4. The summed E-state index contributed by atoms with van der Waals surface area (Å²) in [5.74, 6) is 0.592. The van der Waals surface area contributed by atoms with Gasteiger partial charge in [-0.3, -0.25) is 4.79 Å². The zero-order valence-corrected chi connectivity index (χ0v) is 19.2. The van der Waals surface area contributed by atoms with Crippen LogP contribution in [-0.4, -0.2) is 44.7 Å². The van der Waals surface area contributed by atoms with Crippen LogP contribution in [0, 0.1) is 5.82 Å². The molecular weight excluding hydrogens is 425 g/mol. The van der Waals surface area contributed by atoms with Crippen LogP contribution in [0.2, 0.25) is 0 Å². The summed E-state index contributed by atoms with van der Waals surface area (Å²) in [4.78, 5) is 20.9. The average Bonchev–Trinajstić information content (AvgIpc) is 3.24. The Morgan fingerprint density at radius 1 is 1.27 bits per heavy atom. The predicted octanol–water partition coefficient (Wildman–Crippen LogP) is 3.94. The number of fused-ring (bicyclic) bond motifs is 1. The van der Waals surface area contributed by atoms with Crippen molar-refractivity contribution in [2.75, 3.05) is 29.2 Å². The van der Waals surface area contributed by atoms with Crippen LogP contribution in [0.5, 0.6) is 0 Å². The maximum absolute atomic E-state index is 14.4. The number of amides is 1. The summed E-state index contributed by atoms with van der Waals surface area (Å²) in [6, 6.07) is 4.99. The highest BCUT2D eigenvalue weighted by Crippen LogP contribution is 2.24. The first-order chi connectivity index (χ1) is 15.9. The molecule has 3 aromatic rings. The second kappa shape index (κ2) is 10.1. The topological polar surface area (TPSA) is 105 Å². The van der Waals surface area contributed by atoms with E-state index >= 15 is 0 Å². The Morgan fingerprint density at radius 3 is 2.76 bits per heavy atom. The van der Waals surface area contributed by atoms with E-state index in [9.17, 15) is 9.18 Å². The van der Waals surface area contributed by atoms with Gasteiger partial charge < -0.3 is 20.7 Å². The van der Waals surface area contributed by atoms with Crippen LogP contribution in [0.4, 0.5) is 22.0 Å². The van der Waals surface area contributed by atoms with Gasteiger partial charge in [0.25, 0.3) is 0 Å². The first-order valence-electron chi connectivity index (χ1n) is 11.4. The van der Waals surface area contributed by atoms with Crippen LogP contribution >= 0.6 is 0 Å². The maximum atomic E-state index is 14.4. The number of rotatable bonds is 8.